The molecule has 1 rings (SSSR count). The van der Waals surface area contributed by atoms with E-state index in [1.165, 1.54) is 7.11 Å². The molecule has 12 heavy (non-hydrogen) atoms. The molecule has 0 aromatic rings. The van der Waals surface area contributed by atoms with E-state index in [0.717, 1.165) is 6.42 Å². The lowest BCUT2D eigenvalue weighted by molar-refractivity contribution is -0.148. The van der Waals surface area contributed by atoms with Gasteiger partial charge in [-0.2, -0.15) is 0 Å². The van der Waals surface area contributed by atoms with Crippen molar-refractivity contribution in [3.63, 3.8) is 0 Å². The largest absolute Gasteiger partial charge is 0.469 e. The quantitative estimate of drug-likeness (QED) is 0.491. The van der Waals surface area contributed by atoms with Gasteiger partial charge in [-0.05, 0) is 18.8 Å². The monoisotopic (exact) mass is 170 g/mol. The minimum atomic E-state index is -0.210. The highest BCUT2D eigenvalue weighted by atomic mass is 16.5. The number of allylic oxidation sites excluding steroid dienone is 2. The van der Waals surface area contributed by atoms with Gasteiger partial charge in [0.25, 0.3) is 0 Å². The lowest BCUT2D eigenvalue weighted by Crippen LogP contribution is -2.28. The Bertz CT molecular complexity index is 186. The summed E-state index contributed by atoms with van der Waals surface area (Å²) in [5, 5.41) is 8.96. The molecule has 3 nitrogen and oxygen atoms in total. The lowest BCUT2D eigenvalue weighted by atomic mass is 9.84. The molecule has 1 aliphatic carbocycles. The van der Waals surface area contributed by atoms with E-state index in [4.69, 9.17) is 5.11 Å². The predicted octanol–water partition coefficient (Wildman–Crippen LogP) is 0.734. The van der Waals surface area contributed by atoms with Crippen LogP contribution in [0.1, 0.15) is 12.8 Å². The third-order valence-electron chi connectivity index (χ3n) is 2.30. The fourth-order valence-corrected chi connectivity index (χ4v) is 1.51. The SMILES string of the molecule is COC(=O)[C@H]1CC=CC[C@H]1CO. The van der Waals surface area contributed by atoms with E-state index in [1.54, 1.807) is 0 Å². The van der Waals surface area contributed by atoms with Gasteiger partial charge in [0.2, 0.25) is 0 Å². The molecule has 0 saturated heterocycles. The molecule has 1 aliphatic rings. The first kappa shape index (κ1) is 9.26. The summed E-state index contributed by atoms with van der Waals surface area (Å²) in [6.45, 7) is 0.0596. The van der Waals surface area contributed by atoms with E-state index in [9.17, 15) is 4.79 Å². The number of esters is 1. The topological polar surface area (TPSA) is 46.5 Å². The van der Waals surface area contributed by atoms with Crippen molar-refractivity contribution in [2.45, 2.75) is 12.8 Å². The third-order valence-corrected chi connectivity index (χ3v) is 2.30. The van der Waals surface area contributed by atoms with Gasteiger partial charge < -0.3 is 9.84 Å². The Hall–Kier alpha value is -0.830. The zero-order chi connectivity index (χ0) is 8.97. The van der Waals surface area contributed by atoms with Crippen molar-refractivity contribution in [2.75, 3.05) is 13.7 Å². The Labute approximate surface area is 72.0 Å². The minimum Gasteiger partial charge on any atom is -0.469 e. The average Bonchev–Trinajstić information content (AvgIpc) is 2.16. The molecule has 2 atom stereocenters. The van der Waals surface area contributed by atoms with Crippen LogP contribution in [-0.2, 0) is 9.53 Å². The number of hydrogen-bond acceptors (Lipinski definition) is 3. The molecule has 0 heterocycles. The molecular weight excluding hydrogens is 156 g/mol. The molecule has 0 amide bonds. The zero-order valence-electron chi connectivity index (χ0n) is 7.19. The summed E-state index contributed by atoms with van der Waals surface area (Å²) in [5.41, 5.74) is 0. The van der Waals surface area contributed by atoms with Crippen molar-refractivity contribution in [3.8, 4) is 0 Å². The van der Waals surface area contributed by atoms with Crippen LogP contribution in [0.4, 0.5) is 0 Å². The highest BCUT2D eigenvalue weighted by molar-refractivity contribution is 5.73. The van der Waals surface area contributed by atoms with E-state index in [0.29, 0.717) is 6.42 Å². The summed E-state index contributed by atoms with van der Waals surface area (Å²) >= 11 is 0. The summed E-state index contributed by atoms with van der Waals surface area (Å²) < 4.78 is 4.64. The van der Waals surface area contributed by atoms with Crippen molar-refractivity contribution < 1.29 is 14.6 Å². The van der Waals surface area contributed by atoms with Crippen LogP contribution in [0.15, 0.2) is 12.2 Å². The van der Waals surface area contributed by atoms with E-state index >= 15 is 0 Å². The first-order chi connectivity index (χ1) is 5.79. The number of carbonyl (C=O) groups is 1. The normalized spacial score (nSPS) is 28.5. The van der Waals surface area contributed by atoms with E-state index in [-0.39, 0.29) is 24.4 Å². The summed E-state index contributed by atoms with van der Waals surface area (Å²) in [6, 6.07) is 0. The summed E-state index contributed by atoms with van der Waals surface area (Å²) in [6.07, 6.45) is 5.43. The molecule has 0 unspecified atom stereocenters. The standard InChI is InChI=1S/C9H14O3/c1-12-9(11)8-5-3-2-4-7(8)6-10/h2-3,7-8,10H,4-6H2,1H3/t7-,8-/m0/s1. The molecule has 1 N–H and O–H groups in total. The van der Waals surface area contributed by atoms with Crippen LogP contribution >= 0.6 is 0 Å². The summed E-state index contributed by atoms with van der Waals surface area (Å²) in [7, 11) is 1.38. The average molecular weight is 170 g/mol. The number of methoxy groups -OCH3 is 1. The highest BCUT2D eigenvalue weighted by Gasteiger charge is 2.28. The minimum absolute atomic E-state index is 0.0439. The summed E-state index contributed by atoms with van der Waals surface area (Å²) in [5.74, 6) is -0.314. The molecule has 68 valence electrons. The van der Waals surface area contributed by atoms with Gasteiger partial charge >= 0.3 is 5.97 Å². The number of aliphatic hydroxyl groups excluding tert-OH is 1. The number of ether oxygens (including phenoxy) is 1. The van der Waals surface area contributed by atoms with Crippen molar-refractivity contribution in [1.82, 2.24) is 0 Å². The fourth-order valence-electron chi connectivity index (χ4n) is 1.51. The molecule has 0 aromatic carbocycles. The van der Waals surface area contributed by atoms with Crippen LogP contribution in [-0.4, -0.2) is 24.8 Å². The Balaban J connectivity index is 2.60. The van der Waals surface area contributed by atoms with Crippen molar-refractivity contribution in [1.29, 1.82) is 0 Å². The number of rotatable bonds is 2. The second-order valence-electron chi connectivity index (χ2n) is 3.02. The maximum absolute atomic E-state index is 11.2. The Kier molecular flexibility index (Phi) is 3.29. The van der Waals surface area contributed by atoms with Gasteiger partial charge in [-0.3, -0.25) is 4.79 Å². The molecule has 0 saturated carbocycles. The van der Waals surface area contributed by atoms with E-state index in [2.05, 4.69) is 4.74 Å². The molecular formula is C9H14O3. The van der Waals surface area contributed by atoms with Gasteiger partial charge in [0.15, 0.2) is 0 Å². The maximum atomic E-state index is 11.2. The van der Waals surface area contributed by atoms with Gasteiger partial charge in [-0.1, -0.05) is 12.2 Å². The highest BCUT2D eigenvalue weighted by Crippen LogP contribution is 2.25. The van der Waals surface area contributed by atoms with Gasteiger partial charge in [0, 0.05) is 6.61 Å². The predicted molar refractivity (Wildman–Crippen MR) is 44.5 cm³/mol. The first-order valence-corrected chi connectivity index (χ1v) is 4.13. The van der Waals surface area contributed by atoms with Gasteiger partial charge in [0.1, 0.15) is 0 Å². The lowest BCUT2D eigenvalue weighted by Gasteiger charge is -2.24. The zero-order valence-corrected chi connectivity index (χ0v) is 7.19. The number of aliphatic hydroxyl groups is 1. The van der Waals surface area contributed by atoms with Crippen LogP contribution in [0.2, 0.25) is 0 Å². The number of hydrogen-bond donors (Lipinski definition) is 1. The van der Waals surface area contributed by atoms with Crippen LogP contribution < -0.4 is 0 Å². The van der Waals surface area contributed by atoms with E-state index in [1.807, 2.05) is 12.2 Å². The Morgan fingerprint density at radius 2 is 2.25 bits per heavy atom. The molecule has 0 fully saturated rings. The van der Waals surface area contributed by atoms with Gasteiger partial charge in [-0.15, -0.1) is 0 Å². The van der Waals surface area contributed by atoms with Crippen LogP contribution in [0.3, 0.4) is 0 Å². The number of carbonyl (C=O) groups excluding carboxylic acids is 1. The Morgan fingerprint density at radius 1 is 1.58 bits per heavy atom. The molecule has 0 aromatic heterocycles. The first-order valence-electron chi connectivity index (χ1n) is 4.13. The molecule has 0 radical (unpaired) electrons. The van der Waals surface area contributed by atoms with Crippen LogP contribution in [0.25, 0.3) is 0 Å². The van der Waals surface area contributed by atoms with Gasteiger partial charge in [-0.25, -0.2) is 0 Å². The van der Waals surface area contributed by atoms with Crippen molar-refractivity contribution in [2.24, 2.45) is 11.8 Å². The molecule has 0 bridgehead atoms. The third kappa shape index (κ3) is 1.85. The molecule has 3 heteroatoms. The second-order valence-corrected chi connectivity index (χ2v) is 3.02. The second kappa shape index (κ2) is 4.26. The van der Waals surface area contributed by atoms with Gasteiger partial charge in [0.05, 0.1) is 13.0 Å². The van der Waals surface area contributed by atoms with Crippen molar-refractivity contribution in [3.05, 3.63) is 12.2 Å². The Morgan fingerprint density at radius 3 is 2.83 bits per heavy atom. The fraction of sp³-hybridized carbons (Fsp3) is 0.667. The van der Waals surface area contributed by atoms with Crippen LogP contribution in [0.5, 0.6) is 0 Å². The van der Waals surface area contributed by atoms with E-state index < -0.39 is 0 Å². The molecule has 0 spiro atoms. The molecule has 0 aliphatic heterocycles. The maximum Gasteiger partial charge on any atom is 0.309 e. The summed E-state index contributed by atoms with van der Waals surface area (Å²) in [4.78, 5) is 11.2. The smallest absolute Gasteiger partial charge is 0.309 e. The van der Waals surface area contributed by atoms with Crippen LogP contribution in [0, 0.1) is 11.8 Å². The van der Waals surface area contributed by atoms with Crippen molar-refractivity contribution >= 4 is 5.97 Å².